The summed E-state index contributed by atoms with van der Waals surface area (Å²) in [5.74, 6) is 1.40. The number of benzene rings is 2. The van der Waals surface area contributed by atoms with Gasteiger partial charge in [0.15, 0.2) is 0 Å². The van der Waals surface area contributed by atoms with Crippen molar-refractivity contribution < 1.29 is 23.8 Å². The topological polar surface area (TPSA) is 55.8 Å². The van der Waals surface area contributed by atoms with Crippen LogP contribution in [0.4, 0.5) is 4.39 Å². The van der Waals surface area contributed by atoms with Gasteiger partial charge in [0.05, 0.1) is 19.6 Å². The van der Waals surface area contributed by atoms with Crippen LogP contribution < -0.4 is 9.47 Å². The molecule has 2 aliphatic rings. The van der Waals surface area contributed by atoms with E-state index >= 15 is 0 Å². The molecule has 2 fully saturated rings. The van der Waals surface area contributed by atoms with Crippen LogP contribution in [0.1, 0.15) is 68.4 Å². The largest absolute Gasteiger partial charge is 0.497 e. The van der Waals surface area contributed by atoms with Crippen LogP contribution in [0.5, 0.6) is 11.5 Å². The van der Waals surface area contributed by atoms with Crippen LogP contribution in [0, 0.1) is 23.6 Å². The summed E-state index contributed by atoms with van der Waals surface area (Å²) < 4.78 is 25.7. The third-order valence-electron chi connectivity index (χ3n) is 7.28. The van der Waals surface area contributed by atoms with E-state index in [9.17, 15) is 14.3 Å². The molecule has 2 aliphatic carbocycles. The molecule has 2 atom stereocenters. The van der Waals surface area contributed by atoms with Gasteiger partial charge in [0.25, 0.3) is 0 Å². The first-order valence-corrected chi connectivity index (χ1v) is 11.7. The van der Waals surface area contributed by atoms with Gasteiger partial charge in [-0.05, 0) is 104 Å². The molecular formula is C27H33FO4. The van der Waals surface area contributed by atoms with Crippen molar-refractivity contribution in [2.75, 3.05) is 13.7 Å². The number of aliphatic carboxylic acids is 1. The maximum atomic E-state index is 14.3. The molecule has 4 rings (SSSR count). The number of hydrogen-bond donors (Lipinski definition) is 1. The number of carbonyl (C=O) groups is 1. The summed E-state index contributed by atoms with van der Waals surface area (Å²) in [6, 6.07) is 13.0. The lowest BCUT2D eigenvalue weighted by Gasteiger charge is -2.29. The number of halogens is 1. The van der Waals surface area contributed by atoms with Crippen molar-refractivity contribution in [2.24, 2.45) is 17.8 Å². The fourth-order valence-corrected chi connectivity index (χ4v) is 5.21. The lowest BCUT2D eigenvalue weighted by molar-refractivity contribution is -0.142. The Hall–Kier alpha value is -2.56. The van der Waals surface area contributed by atoms with Gasteiger partial charge in [0.1, 0.15) is 17.3 Å². The third kappa shape index (κ3) is 5.25. The zero-order valence-corrected chi connectivity index (χ0v) is 18.9. The molecule has 0 radical (unpaired) electrons. The highest BCUT2D eigenvalue weighted by Crippen LogP contribution is 2.47. The highest BCUT2D eigenvalue weighted by Gasteiger charge is 2.38. The van der Waals surface area contributed by atoms with Crippen molar-refractivity contribution >= 4 is 5.97 Å². The van der Waals surface area contributed by atoms with E-state index in [4.69, 9.17) is 9.47 Å². The Balaban J connectivity index is 1.33. The van der Waals surface area contributed by atoms with Crippen LogP contribution in [-0.2, 0) is 4.79 Å². The van der Waals surface area contributed by atoms with Crippen molar-refractivity contribution in [3.8, 4) is 11.5 Å². The molecule has 0 aromatic heterocycles. The summed E-state index contributed by atoms with van der Waals surface area (Å²) >= 11 is 0. The highest BCUT2D eigenvalue weighted by molar-refractivity contribution is 5.71. The van der Waals surface area contributed by atoms with E-state index in [2.05, 4.69) is 0 Å². The van der Waals surface area contributed by atoms with Gasteiger partial charge >= 0.3 is 5.97 Å². The molecule has 4 nitrogen and oxygen atoms in total. The maximum Gasteiger partial charge on any atom is 0.306 e. The number of methoxy groups -OCH3 is 1. The number of hydrogen-bond acceptors (Lipinski definition) is 3. The van der Waals surface area contributed by atoms with Gasteiger partial charge in [0, 0.05) is 0 Å². The number of carboxylic acids is 1. The Morgan fingerprint density at radius 2 is 1.81 bits per heavy atom. The summed E-state index contributed by atoms with van der Waals surface area (Å²) in [4.78, 5) is 11.6. The average Bonchev–Trinajstić information content (AvgIpc) is 3.64. The molecule has 2 aromatic carbocycles. The quantitative estimate of drug-likeness (QED) is 0.490. The van der Waals surface area contributed by atoms with Crippen LogP contribution in [0.25, 0.3) is 0 Å². The lowest BCUT2D eigenvalue weighted by atomic mass is 9.79. The minimum atomic E-state index is -0.738. The smallest absolute Gasteiger partial charge is 0.306 e. The second-order valence-electron chi connectivity index (χ2n) is 9.48. The predicted octanol–water partition coefficient (Wildman–Crippen LogP) is 6.40. The van der Waals surface area contributed by atoms with Crippen molar-refractivity contribution in [3.05, 3.63) is 59.4 Å². The van der Waals surface area contributed by atoms with Gasteiger partial charge in [-0.15, -0.1) is 0 Å². The van der Waals surface area contributed by atoms with Crippen LogP contribution in [0.2, 0.25) is 0 Å². The normalized spacial score (nSPS) is 22.7. The molecule has 2 saturated carbocycles. The molecule has 0 amide bonds. The minimum Gasteiger partial charge on any atom is -0.497 e. The van der Waals surface area contributed by atoms with E-state index in [1.165, 1.54) is 6.07 Å². The Kier molecular flexibility index (Phi) is 7.02. The zero-order chi connectivity index (χ0) is 22.7. The van der Waals surface area contributed by atoms with Gasteiger partial charge < -0.3 is 14.6 Å². The van der Waals surface area contributed by atoms with Gasteiger partial charge in [-0.25, -0.2) is 4.39 Å². The maximum absolute atomic E-state index is 14.3. The average molecular weight is 441 g/mol. The van der Waals surface area contributed by atoms with Gasteiger partial charge in [-0.1, -0.05) is 19.1 Å². The summed E-state index contributed by atoms with van der Waals surface area (Å²) in [6.45, 7) is 2.45. The summed E-state index contributed by atoms with van der Waals surface area (Å²) in [5.41, 5.74) is 1.83. The first kappa shape index (κ1) is 22.6. The molecule has 172 valence electrons. The molecule has 32 heavy (non-hydrogen) atoms. The Morgan fingerprint density at radius 3 is 2.47 bits per heavy atom. The monoisotopic (exact) mass is 440 g/mol. The standard InChI is InChI=1S/C27H33FO4/c1-17(27(29)30)26(20-10-11-20)21-4-3-5-23(14-21)32-16-18-6-8-19(9-7-18)24-15-22(31-2)12-13-25(24)28/h3-5,12-15,17-20,26H,6-11,16H2,1-2H3,(H,29,30)/t17-,18-,19+,26-/m0/s1. The van der Waals surface area contributed by atoms with E-state index in [1.54, 1.807) is 13.2 Å². The predicted molar refractivity (Wildman–Crippen MR) is 122 cm³/mol. The highest BCUT2D eigenvalue weighted by atomic mass is 19.1. The third-order valence-corrected chi connectivity index (χ3v) is 7.28. The van der Waals surface area contributed by atoms with E-state index < -0.39 is 11.9 Å². The van der Waals surface area contributed by atoms with Gasteiger partial charge in [-0.3, -0.25) is 4.79 Å². The van der Waals surface area contributed by atoms with Gasteiger partial charge in [0.2, 0.25) is 0 Å². The molecule has 5 heteroatoms. The zero-order valence-electron chi connectivity index (χ0n) is 18.9. The van der Waals surface area contributed by atoms with Crippen molar-refractivity contribution in [1.82, 2.24) is 0 Å². The molecule has 0 aliphatic heterocycles. The van der Waals surface area contributed by atoms with Crippen LogP contribution in [0.3, 0.4) is 0 Å². The SMILES string of the molecule is COc1ccc(F)c([C@H]2CC[C@@H](COc3cccc([C@H](C4CC4)[C@H](C)C(=O)O)c3)CC2)c1. The second-order valence-corrected chi connectivity index (χ2v) is 9.48. The van der Waals surface area contributed by atoms with Crippen molar-refractivity contribution in [1.29, 1.82) is 0 Å². The lowest BCUT2D eigenvalue weighted by Crippen LogP contribution is -2.21. The molecular weight excluding hydrogens is 407 g/mol. The van der Waals surface area contributed by atoms with Crippen LogP contribution >= 0.6 is 0 Å². The van der Waals surface area contributed by atoms with E-state index in [0.717, 1.165) is 55.4 Å². The first-order chi connectivity index (χ1) is 15.5. The van der Waals surface area contributed by atoms with Gasteiger partial charge in [-0.2, -0.15) is 0 Å². The van der Waals surface area contributed by atoms with Crippen molar-refractivity contribution in [3.63, 3.8) is 0 Å². The Morgan fingerprint density at radius 1 is 1.06 bits per heavy atom. The fourth-order valence-electron chi connectivity index (χ4n) is 5.21. The Labute approximate surface area is 189 Å². The molecule has 0 spiro atoms. The molecule has 2 aromatic rings. The van der Waals surface area contributed by atoms with Crippen LogP contribution in [0.15, 0.2) is 42.5 Å². The number of rotatable bonds is 9. The molecule has 0 unspecified atom stereocenters. The van der Waals surface area contributed by atoms with E-state index in [-0.39, 0.29) is 17.7 Å². The summed E-state index contributed by atoms with van der Waals surface area (Å²) in [6.07, 6.45) is 6.09. The summed E-state index contributed by atoms with van der Waals surface area (Å²) in [5, 5.41) is 9.52. The van der Waals surface area contributed by atoms with Crippen LogP contribution in [-0.4, -0.2) is 24.8 Å². The van der Waals surface area contributed by atoms with Crippen molar-refractivity contribution in [2.45, 2.75) is 57.3 Å². The number of carboxylic acid groups (broad SMARTS) is 1. The Bertz CT molecular complexity index is 931. The first-order valence-electron chi connectivity index (χ1n) is 11.7. The molecule has 0 heterocycles. The molecule has 1 N–H and O–H groups in total. The summed E-state index contributed by atoms with van der Waals surface area (Å²) in [7, 11) is 1.61. The molecule has 0 bridgehead atoms. The second kappa shape index (κ2) is 9.93. The fraction of sp³-hybridized carbons (Fsp3) is 0.519. The number of ether oxygens (including phenoxy) is 2. The van der Waals surface area contributed by atoms with E-state index in [0.29, 0.717) is 24.2 Å². The molecule has 0 saturated heterocycles. The minimum absolute atomic E-state index is 0.0456. The van der Waals surface area contributed by atoms with E-state index in [1.807, 2.05) is 37.3 Å².